The number of aliphatic hydroxyl groups excluding tert-OH is 1. The van der Waals surface area contributed by atoms with Gasteiger partial charge in [0.05, 0.1) is 6.20 Å². The third kappa shape index (κ3) is 13.3. The molecule has 5 atom stereocenters. The van der Waals surface area contributed by atoms with Gasteiger partial charge < -0.3 is 57.9 Å². The number of anilines is 1. The van der Waals surface area contributed by atoms with Crippen LogP contribution in [0.2, 0.25) is 5.02 Å². The summed E-state index contributed by atoms with van der Waals surface area (Å²) in [5, 5.41) is 37.2. The molecule has 1 aromatic heterocycles. The van der Waals surface area contributed by atoms with Gasteiger partial charge in [0.2, 0.25) is 29.4 Å². The summed E-state index contributed by atoms with van der Waals surface area (Å²) in [5.74, 6) is -4.24. The summed E-state index contributed by atoms with van der Waals surface area (Å²) in [6, 6.07) is 18.5. The largest absolute Gasteiger partial charge is 0.492 e. The normalized spacial score (nSPS) is 16.5. The molecular formula is C49H58ClN11O10. The first-order chi connectivity index (χ1) is 34.2. The second-order valence-electron chi connectivity index (χ2n) is 16.6. The van der Waals surface area contributed by atoms with E-state index in [4.69, 9.17) is 38.3 Å². The Hall–Kier alpha value is -7.40. The lowest BCUT2D eigenvalue weighted by Crippen LogP contribution is -2.57. The number of hydrogen-bond acceptors (Lipinski definition) is 15. The van der Waals surface area contributed by atoms with Gasteiger partial charge >= 0.3 is 0 Å². The Bertz CT molecular complexity index is 2680. The minimum Gasteiger partial charge on any atom is -0.492 e. The molecule has 0 spiro atoms. The maximum atomic E-state index is 14.8. The Morgan fingerprint density at radius 3 is 2.10 bits per heavy atom. The van der Waals surface area contributed by atoms with Crippen LogP contribution in [-0.4, -0.2) is 125 Å². The quantitative estimate of drug-likeness (QED) is 0.0230. The van der Waals surface area contributed by atoms with Crippen LogP contribution in [0.15, 0.2) is 91.1 Å². The minimum atomic E-state index is -2.16. The fraction of sp³-hybridized carbons (Fsp3) is 0.327. The monoisotopic (exact) mass is 995 g/mol. The van der Waals surface area contributed by atoms with Gasteiger partial charge in [-0.2, -0.15) is 5.10 Å². The number of carbonyl (C=O) groups is 6. The maximum absolute atomic E-state index is 14.8. The number of ketones is 1. The van der Waals surface area contributed by atoms with Crippen molar-refractivity contribution in [3.05, 3.63) is 119 Å². The highest BCUT2D eigenvalue weighted by Crippen LogP contribution is 2.40. The Labute approximate surface area is 414 Å². The van der Waals surface area contributed by atoms with E-state index in [0.29, 0.717) is 52.6 Å². The fourth-order valence-electron chi connectivity index (χ4n) is 7.90. The standard InChI is InChI=1S/C49H58ClN11O10/c1-27-44(63)57-37(46(65)58-48(67)43(62)41-38(60-69)26-54-59-41)24-28-6-16-39(70-21-19-52)34(23-28)35-25-32(13-17-40(35)71-22-20-53)42(47(66)55-27)61(2)49(68)36(5-3-4-18-51)56-45(64)31-9-7-29(8-10-31)30-11-14-33(50)15-12-30/h6-17,23,25-27,36-37,42,48,60,67,69H,3-5,18-22,24,51-53H2,1-2H3,(H,54,59)(H,55,66)(H,56,64)(H,57,63)(H,58,65)/t27-,36-,37?,42?,48?/m0/s1. The van der Waals surface area contributed by atoms with Crippen molar-refractivity contribution < 1.29 is 48.6 Å². The van der Waals surface area contributed by atoms with E-state index in [0.717, 1.165) is 17.3 Å². The lowest BCUT2D eigenvalue weighted by Gasteiger charge is -2.33. The third-order valence-corrected chi connectivity index (χ3v) is 11.9. The molecule has 4 aromatic carbocycles. The van der Waals surface area contributed by atoms with Crippen molar-refractivity contribution in [2.45, 2.75) is 63.0 Å². The lowest BCUT2D eigenvalue weighted by molar-refractivity contribution is -0.141. The van der Waals surface area contributed by atoms with Crippen LogP contribution < -0.4 is 53.4 Å². The summed E-state index contributed by atoms with van der Waals surface area (Å²) in [7, 11) is 1.41. The number of nitrogens with two attached hydrogens (primary N) is 3. The number of likely N-dealkylation sites (N-methyl/N-ethyl adjacent to an activating group) is 1. The van der Waals surface area contributed by atoms with Crippen molar-refractivity contribution in [2.75, 3.05) is 45.4 Å². The number of halogens is 1. The molecule has 2 heterocycles. The number of fused-ring (bicyclic) bond motifs is 5. The van der Waals surface area contributed by atoms with E-state index < -0.39 is 65.7 Å². The van der Waals surface area contributed by atoms with Gasteiger partial charge in [-0.05, 0) is 104 Å². The molecule has 0 saturated heterocycles. The number of amides is 5. The molecule has 1 aliphatic rings. The molecule has 22 heteroatoms. The van der Waals surface area contributed by atoms with Crippen molar-refractivity contribution >= 4 is 52.6 Å². The molecule has 21 nitrogen and oxygen atoms in total. The van der Waals surface area contributed by atoms with Gasteiger partial charge in [0.1, 0.15) is 60.3 Å². The lowest BCUT2D eigenvalue weighted by atomic mass is 9.93. The molecule has 1 aliphatic heterocycles. The van der Waals surface area contributed by atoms with Crippen LogP contribution in [0.25, 0.3) is 22.3 Å². The molecule has 5 aromatic rings. The number of rotatable bonds is 20. The summed E-state index contributed by atoms with van der Waals surface area (Å²) in [4.78, 5) is 85.7. The zero-order chi connectivity index (χ0) is 51.2. The number of carbonyl (C=O) groups excluding carboxylic acids is 6. The summed E-state index contributed by atoms with van der Waals surface area (Å²) < 4.78 is 12.2. The van der Waals surface area contributed by atoms with E-state index in [1.165, 1.54) is 18.9 Å². The molecule has 0 aliphatic carbocycles. The van der Waals surface area contributed by atoms with Crippen LogP contribution in [0.5, 0.6) is 11.5 Å². The molecular weight excluding hydrogens is 938 g/mol. The van der Waals surface area contributed by atoms with Crippen LogP contribution in [-0.2, 0) is 25.6 Å². The maximum Gasteiger partial charge on any atom is 0.251 e. The number of nitrogens with one attached hydrogen (secondary N) is 6. The highest BCUT2D eigenvalue weighted by atomic mass is 35.5. The fourth-order valence-corrected chi connectivity index (χ4v) is 8.03. The van der Waals surface area contributed by atoms with Gasteiger partial charge in [0.25, 0.3) is 5.91 Å². The van der Waals surface area contributed by atoms with E-state index in [-0.39, 0.29) is 61.7 Å². The van der Waals surface area contributed by atoms with Gasteiger partial charge in [-0.3, -0.25) is 44.6 Å². The number of H-pyrrole nitrogens is 1. The Morgan fingerprint density at radius 2 is 1.46 bits per heavy atom. The first-order valence-corrected chi connectivity index (χ1v) is 23.2. The molecule has 376 valence electrons. The van der Waals surface area contributed by atoms with E-state index in [9.17, 15) is 39.1 Å². The summed E-state index contributed by atoms with van der Waals surface area (Å²) in [6.45, 7) is 2.17. The molecule has 71 heavy (non-hydrogen) atoms. The second-order valence-corrected chi connectivity index (χ2v) is 17.1. The summed E-state index contributed by atoms with van der Waals surface area (Å²) in [5.41, 5.74) is 22.4. The SMILES string of the molecule is C[C@@H]1NC(=O)C(N(C)C(=O)[C@H](CCCCN)NC(=O)c2ccc(-c3ccc(Cl)cc3)cc2)c2ccc(OCCN)c(c2)-c2cc(ccc2OCCN)CC(C(=O)NC(O)C(=O)c2[nH]ncc2NO)NC1=O. The van der Waals surface area contributed by atoms with Crippen molar-refractivity contribution in [1.82, 2.24) is 36.4 Å². The number of benzene rings is 4. The number of aromatic nitrogens is 2. The minimum absolute atomic E-state index is 0.0859. The zero-order valence-corrected chi connectivity index (χ0v) is 39.8. The highest BCUT2D eigenvalue weighted by molar-refractivity contribution is 6.30. The number of nitrogens with zero attached hydrogens (tertiary/aromatic N) is 2. The smallest absolute Gasteiger partial charge is 0.251 e. The number of unbranched alkanes of at least 4 members (excludes halogenated alkanes) is 1. The first-order valence-electron chi connectivity index (χ1n) is 22.8. The topological polar surface area (TPSA) is 331 Å². The number of aliphatic hydroxyl groups is 1. The first kappa shape index (κ1) is 53.0. The molecule has 0 radical (unpaired) electrons. The summed E-state index contributed by atoms with van der Waals surface area (Å²) >= 11 is 6.07. The Kier molecular flexibility index (Phi) is 18.6. The second kappa shape index (κ2) is 24.9. The average Bonchev–Trinajstić information content (AvgIpc) is 3.86. The zero-order valence-electron chi connectivity index (χ0n) is 39.1. The van der Waals surface area contributed by atoms with Crippen LogP contribution in [0.3, 0.4) is 0 Å². The molecule has 6 rings (SSSR count). The highest BCUT2D eigenvalue weighted by Gasteiger charge is 2.37. The van der Waals surface area contributed by atoms with Gasteiger partial charge in [-0.1, -0.05) is 48.0 Å². The molecule has 14 N–H and O–H groups in total. The molecule has 5 amide bonds. The van der Waals surface area contributed by atoms with Gasteiger partial charge in [-0.25, -0.2) is 0 Å². The van der Waals surface area contributed by atoms with Crippen molar-refractivity contribution in [1.29, 1.82) is 0 Å². The summed E-state index contributed by atoms with van der Waals surface area (Å²) in [6.07, 6.45) is -0.134. The van der Waals surface area contributed by atoms with Crippen molar-refractivity contribution in [3.8, 4) is 33.8 Å². The van der Waals surface area contributed by atoms with Crippen LogP contribution in [0.4, 0.5) is 5.69 Å². The van der Waals surface area contributed by atoms with Crippen molar-refractivity contribution in [3.63, 3.8) is 0 Å². The van der Waals surface area contributed by atoms with E-state index >= 15 is 0 Å². The third-order valence-electron chi connectivity index (χ3n) is 11.6. The van der Waals surface area contributed by atoms with Gasteiger partial charge in [0.15, 0.2) is 6.23 Å². The number of hydrogen-bond donors (Lipinski definition) is 11. The van der Waals surface area contributed by atoms with Crippen LogP contribution in [0, 0.1) is 0 Å². The number of ether oxygens (including phenoxy) is 2. The predicted octanol–water partition coefficient (Wildman–Crippen LogP) is 2.16. The van der Waals surface area contributed by atoms with Gasteiger partial charge in [0, 0.05) is 48.3 Å². The molecule has 4 bridgehead atoms. The number of Topliss-reactive ketones (excluding diaryl/α,β-unsaturated/α-hetero) is 1. The Balaban J connectivity index is 1.39. The predicted molar refractivity (Wildman–Crippen MR) is 263 cm³/mol. The van der Waals surface area contributed by atoms with Crippen LogP contribution >= 0.6 is 11.6 Å². The van der Waals surface area contributed by atoms with E-state index in [1.807, 2.05) is 12.1 Å². The molecule has 3 unspecified atom stereocenters. The van der Waals surface area contributed by atoms with Crippen molar-refractivity contribution in [2.24, 2.45) is 17.2 Å². The van der Waals surface area contributed by atoms with E-state index in [1.54, 1.807) is 78.3 Å². The molecule has 0 saturated carbocycles. The number of aromatic amines is 1. The van der Waals surface area contributed by atoms with E-state index in [2.05, 4.69) is 31.5 Å². The Morgan fingerprint density at radius 1 is 0.831 bits per heavy atom. The van der Waals surface area contributed by atoms with Gasteiger partial charge in [-0.15, -0.1) is 0 Å². The average molecular weight is 997 g/mol. The molecule has 0 fully saturated rings. The van der Waals surface area contributed by atoms with Crippen LogP contribution in [0.1, 0.15) is 64.2 Å².